The minimum atomic E-state index is -0.559. The zero-order valence-corrected chi connectivity index (χ0v) is 15.8. The average molecular weight is 387 g/mol. The maximum atomic E-state index is 12.6. The summed E-state index contributed by atoms with van der Waals surface area (Å²) in [6.45, 7) is 0. The van der Waals surface area contributed by atoms with E-state index in [1.165, 1.54) is 18.4 Å². The molecule has 6 nitrogen and oxygen atoms in total. The van der Waals surface area contributed by atoms with E-state index in [0.717, 1.165) is 30.6 Å². The van der Waals surface area contributed by atoms with Gasteiger partial charge in [-0.3, -0.25) is 14.3 Å². The van der Waals surface area contributed by atoms with Gasteiger partial charge in [-0.1, -0.05) is 18.9 Å². The highest BCUT2D eigenvalue weighted by Crippen LogP contribution is 2.33. The Morgan fingerprint density at radius 2 is 2.19 bits per heavy atom. The summed E-state index contributed by atoms with van der Waals surface area (Å²) in [5.41, 5.74) is 0.894. The molecule has 0 amide bonds. The molecule has 1 N–H and O–H groups in total. The van der Waals surface area contributed by atoms with Crippen LogP contribution in [-0.4, -0.2) is 27.6 Å². The molecule has 0 unspecified atom stereocenters. The van der Waals surface area contributed by atoms with Crippen LogP contribution in [0.15, 0.2) is 28.4 Å². The topological polar surface area (TPSA) is 77.0 Å². The van der Waals surface area contributed by atoms with Gasteiger partial charge in [0, 0.05) is 6.04 Å². The zero-order chi connectivity index (χ0) is 18.3. The molecule has 0 saturated heterocycles. The molecule has 0 spiro atoms. The van der Waals surface area contributed by atoms with Crippen molar-refractivity contribution in [1.82, 2.24) is 14.5 Å². The van der Waals surface area contributed by atoms with Gasteiger partial charge in [-0.25, -0.2) is 9.78 Å². The van der Waals surface area contributed by atoms with Crippen LogP contribution in [0.4, 0.5) is 0 Å². The van der Waals surface area contributed by atoms with E-state index in [2.05, 4.69) is 4.98 Å². The monoisotopic (exact) mass is 387 g/mol. The van der Waals surface area contributed by atoms with Gasteiger partial charge in [0.25, 0.3) is 5.56 Å². The summed E-state index contributed by atoms with van der Waals surface area (Å²) in [6.07, 6.45) is 4.19. The maximum absolute atomic E-state index is 12.6. The van der Waals surface area contributed by atoms with Gasteiger partial charge in [-0.15, -0.1) is 11.3 Å². The first-order chi connectivity index (χ1) is 12.6. The number of carbonyl (C=O) groups excluding carboxylic acids is 1. The van der Waals surface area contributed by atoms with Crippen molar-refractivity contribution in [2.24, 2.45) is 0 Å². The van der Waals surface area contributed by atoms with Crippen LogP contribution in [0.1, 0.15) is 42.1 Å². The summed E-state index contributed by atoms with van der Waals surface area (Å²) in [5.74, 6) is -0.559. The van der Waals surface area contributed by atoms with Crippen LogP contribution in [0.3, 0.4) is 0 Å². The number of pyridine rings is 1. The molecule has 1 fully saturated rings. The number of nitrogens with one attached hydrogen (secondary N) is 1. The second-order valence-electron chi connectivity index (χ2n) is 6.29. The summed E-state index contributed by atoms with van der Waals surface area (Å²) < 4.78 is 7.17. The summed E-state index contributed by atoms with van der Waals surface area (Å²) >= 11 is 6.96. The molecule has 0 atom stereocenters. The van der Waals surface area contributed by atoms with Gasteiger partial charge in [0.2, 0.25) is 0 Å². The van der Waals surface area contributed by atoms with Crippen molar-refractivity contribution in [3.8, 4) is 10.6 Å². The van der Waals surface area contributed by atoms with E-state index in [9.17, 15) is 9.59 Å². The molecule has 1 saturated carbocycles. The van der Waals surface area contributed by atoms with E-state index in [1.807, 2.05) is 22.1 Å². The Kier molecular flexibility index (Phi) is 4.46. The highest BCUT2D eigenvalue weighted by Gasteiger charge is 2.24. The number of thiophene rings is 1. The molecule has 0 bridgehead atoms. The lowest BCUT2D eigenvalue weighted by molar-refractivity contribution is 0.0603. The third-order valence-corrected chi connectivity index (χ3v) is 5.95. The lowest BCUT2D eigenvalue weighted by Crippen LogP contribution is -2.21. The van der Waals surface area contributed by atoms with Crippen LogP contribution >= 0.6 is 23.6 Å². The lowest BCUT2D eigenvalue weighted by atomic mass is 10.1. The molecule has 0 aliphatic heterocycles. The first kappa shape index (κ1) is 17.1. The normalized spacial score (nSPS) is 14.8. The Labute approximate surface area is 158 Å². The third-order valence-electron chi connectivity index (χ3n) is 4.76. The van der Waals surface area contributed by atoms with Crippen molar-refractivity contribution in [3.63, 3.8) is 0 Å². The third kappa shape index (κ3) is 2.79. The number of aromatic nitrogens is 3. The van der Waals surface area contributed by atoms with Crippen molar-refractivity contribution >= 4 is 40.6 Å². The second-order valence-corrected chi connectivity index (χ2v) is 7.62. The molecular formula is C18H17N3O3S2. The minimum absolute atomic E-state index is 0.179. The Morgan fingerprint density at radius 3 is 2.85 bits per heavy atom. The molecule has 3 heterocycles. The molecule has 3 aromatic rings. The molecule has 26 heavy (non-hydrogen) atoms. The summed E-state index contributed by atoms with van der Waals surface area (Å²) in [4.78, 5) is 33.4. The van der Waals surface area contributed by atoms with Gasteiger partial charge < -0.3 is 4.74 Å². The zero-order valence-electron chi connectivity index (χ0n) is 14.2. The number of nitrogens with zero attached hydrogens (tertiary/aromatic N) is 2. The van der Waals surface area contributed by atoms with E-state index >= 15 is 0 Å². The van der Waals surface area contributed by atoms with Gasteiger partial charge in [-0.05, 0) is 42.6 Å². The number of hydrogen-bond donors (Lipinski definition) is 1. The molecule has 4 rings (SSSR count). The largest absolute Gasteiger partial charge is 0.465 e. The van der Waals surface area contributed by atoms with Crippen LogP contribution in [0.25, 0.3) is 21.6 Å². The van der Waals surface area contributed by atoms with Crippen molar-refractivity contribution in [3.05, 3.63) is 44.3 Å². The van der Waals surface area contributed by atoms with Gasteiger partial charge in [-0.2, -0.15) is 0 Å². The molecule has 134 valence electrons. The van der Waals surface area contributed by atoms with Crippen molar-refractivity contribution < 1.29 is 9.53 Å². The number of ether oxygens (including phenoxy) is 1. The van der Waals surface area contributed by atoms with Crippen molar-refractivity contribution in [1.29, 1.82) is 0 Å². The number of aromatic amines is 1. The molecule has 0 radical (unpaired) electrons. The van der Waals surface area contributed by atoms with E-state index in [0.29, 0.717) is 16.1 Å². The maximum Gasteiger partial charge on any atom is 0.338 e. The number of H-pyrrole nitrogens is 1. The Hall–Kier alpha value is -2.32. The van der Waals surface area contributed by atoms with E-state index in [1.54, 1.807) is 6.07 Å². The lowest BCUT2D eigenvalue weighted by Gasteiger charge is -2.18. The fourth-order valence-corrected chi connectivity index (χ4v) is 4.58. The van der Waals surface area contributed by atoms with E-state index in [4.69, 9.17) is 21.9 Å². The molecule has 1 aliphatic carbocycles. The SMILES string of the molecule is COC(=O)c1cc(-c2cccs2)nc2c1c(=O)[nH]c(=S)n2C1CCCC1. The standard InChI is InChI=1S/C18H17N3O3S2/c1-24-17(23)11-9-12(13-7-4-8-26-13)19-15-14(11)16(22)20-18(25)21(15)10-5-2-3-6-10/h4,7-10H,2-3,5-6H2,1H3,(H,20,22,25). The number of esters is 1. The van der Waals surface area contributed by atoms with Crippen molar-refractivity contribution in [2.45, 2.75) is 31.7 Å². The fraction of sp³-hybridized carbons (Fsp3) is 0.333. The fourth-order valence-electron chi connectivity index (χ4n) is 3.57. The minimum Gasteiger partial charge on any atom is -0.465 e. The van der Waals surface area contributed by atoms with Gasteiger partial charge in [0.1, 0.15) is 5.65 Å². The highest BCUT2D eigenvalue weighted by molar-refractivity contribution is 7.71. The molecule has 1 aliphatic rings. The number of hydrogen-bond acceptors (Lipinski definition) is 6. The smallest absolute Gasteiger partial charge is 0.338 e. The van der Waals surface area contributed by atoms with Crippen molar-refractivity contribution in [2.75, 3.05) is 7.11 Å². The predicted octanol–water partition coefficient (Wildman–Crippen LogP) is 4.08. The van der Waals surface area contributed by atoms with Crippen LogP contribution in [0, 0.1) is 4.77 Å². The number of carbonyl (C=O) groups is 1. The molecule has 0 aromatic carbocycles. The molecule has 3 aromatic heterocycles. The highest BCUT2D eigenvalue weighted by atomic mass is 32.1. The molecular weight excluding hydrogens is 370 g/mol. The van der Waals surface area contributed by atoms with E-state index < -0.39 is 11.5 Å². The first-order valence-electron chi connectivity index (χ1n) is 8.42. The second kappa shape index (κ2) is 6.77. The molecule has 8 heteroatoms. The van der Waals surface area contributed by atoms with Gasteiger partial charge >= 0.3 is 5.97 Å². The number of fused-ring (bicyclic) bond motifs is 1. The Balaban J connectivity index is 2.12. The number of methoxy groups -OCH3 is 1. The van der Waals surface area contributed by atoms with Crippen LogP contribution in [-0.2, 0) is 4.74 Å². The summed E-state index contributed by atoms with van der Waals surface area (Å²) in [5, 5.41) is 2.18. The summed E-state index contributed by atoms with van der Waals surface area (Å²) in [7, 11) is 1.31. The van der Waals surface area contributed by atoms with Crippen LogP contribution in [0.5, 0.6) is 0 Å². The number of rotatable bonds is 3. The Bertz CT molecular complexity index is 1090. The van der Waals surface area contributed by atoms with E-state index in [-0.39, 0.29) is 17.0 Å². The van der Waals surface area contributed by atoms with Gasteiger partial charge in [0.15, 0.2) is 4.77 Å². The first-order valence-corrected chi connectivity index (χ1v) is 9.70. The van der Waals surface area contributed by atoms with Crippen LogP contribution in [0.2, 0.25) is 0 Å². The quantitative estimate of drug-likeness (QED) is 0.541. The average Bonchev–Trinajstić information content (AvgIpc) is 3.33. The summed E-state index contributed by atoms with van der Waals surface area (Å²) in [6, 6.07) is 5.66. The predicted molar refractivity (Wildman–Crippen MR) is 103 cm³/mol. The van der Waals surface area contributed by atoms with Gasteiger partial charge in [0.05, 0.1) is 28.6 Å². The van der Waals surface area contributed by atoms with Crippen LogP contribution < -0.4 is 5.56 Å². The Morgan fingerprint density at radius 1 is 1.42 bits per heavy atom.